The molecule has 0 amide bonds. The fourth-order valence-electron chi connectivity index (χ4n) is 1.90. The number of anilines is 2. The zero-order valence-corrected chi connectivity index (χ0v) is 11.9. The van der Waals surface area contributed by atoms with Crippen LogP contribution in [0.2, 0.25) is 0 Å². The van der Waals surface area contributed by atoms with Crippen LogP contribution in [0.4, 0.5) is 11.8 Å². The molecule has 2 rings (SSSR count). The fourth-order valence-corrected chi connectivity index (χ4v) is 1.90. The van der Waals surface area contributed by atoms with E-state index in [9.17, 15) is 5.26 Å². The van der Waals surface area contributed by atoms with Gasteiger partial charge in [0.15, 0.2) is 11.5 Å². The van der Waals surface area contributed by atoms with Crippen LogP contribution in [-0.2, 0) is 0 Å². The number of methoxy groups -OCH3 is 1. The Labute approximate surface area is 126 Å². The first-order chi connectivity index (χ1) is 10.6. The smallest absolute Gasteiger partial charge is 0.222 e. The third-order valence-electron chi connectivity index (χ3n) is 2.85. The van der Waals surface area contributed by atoms with Crippen LogP contribution in [0.25, 0.3) is 11.3 Å². The molecule has 1 aromatic carbocycles. The first kappa shape index (κ1) is 15.3. The normalized spacial score (nSPS) is 10.0. The molecular formula is C14H15N5O3. The number of nitrogens with two attached hydrogens (primary N) is 2. The van der Waals surface area contributed by atoms with Gasteiger partial charge in [-0.3, -0.25) is 0 Å². The molecule has 0 aliphatic heterocycles. The van der Waals surface area contributed by atoms with E-state index in [2.05, 4.69) is 9.97 Å². The lowest BCUT2D eigenvalue weighted by Crippen LogP contribution is -2.05. The topological polar surface area (TPSA) is 140 Å². The summed E-state index contributed by atoms with van der Waals surface area (Å²) in [5.41, 5.74) is 12.3. The van der Waals surface area contributed by atoms with Gasteiger partial charge in [0.2, 0.25) is 5.95 Å². The number of aliphatic hydroxyl groups excluding tert-OH is 1. The summed E-state index contributed by atoms with van der Waals surface area (Å²) in [6.07, 6.45) is 0. The van der Waals surface area contributed by atoms with Gasteiger partial charge < -0.3 is 26.0 Å². The minimum atomic E-state index is -0.109. The van der Waals surface area contributed by atoms with Crippen LogP contribution in [-0.4, -0.2) is 35.4 Å². The van der Waals surface area contributed by atoms with Crippen molar-refractivity contribution in [1.82, 2.24) is 9.97 Å². The number of nitrogens with zero attached hydrogens (tertiary/aromatic N) is 3. The van der Waals surface area contributed by atoms with Gasteiger partial charge in [0, 0.05) is 5.56 Å². The van der Waals surface area contributed by atoms with Gasteiger partial charge in [-0.25, -0.2) is 4.98 Å². The van der Waals surface area contributed by atoms with E-state index in [1.54, 1.807) is 18.2 Å². The Balaban J connectivity index is 2.52. The van der Waals surface area contributed by atoms with Crippen molar-refractivity contribution in [2.45, 2.75) is 0 Å². The van der Waals surface area contributed by atoms with Crippen LogP contribution in [0.5, 0.6) is 11.5 Å². The summed E-state index contributed by atoms with van der Waals surface area (Å²) in [5.74, 6) is 0.898. The third-order valence-corrected chi connectivity index (χ3v) is 2.85. The van der Waals surface area contributed by atoms with E-state index in [4.69, 9.17) is 26.0 Å². The Morgan fingerprint density at radius 2 is 2.05 bits per heavy atom. The summed E-state index contributed by atoms with van der Waals surface area (Å²) < 4.78 is 10.6. The number of aliphatic hydroxyl groups is 1. The summed E-state index contributed by atoms with van der Waals surface area (Å²) in [7, 11) is 1.48. The van der Waals surface area contributed by atoms with E-state index < -0.39 is 0 Å². The lowest BCUT2D eigenvalue weighted by atomic mass is 10.1. The molecule has 22 heavy (non-hydrogen) atoms. The summed E-state index contributed by atoms with van der Waals surface area (Å²) in [4.78, 5) is 7.84. The van der Waals surface area contributed by atoms with Crippen molar-refractivity contribution >= 4 is 11.8 Å². The molecule has 1 aromatic heterocycles. The Morgan fingerprint density at radius 1 is 1.27 bits per heavy atom. The molecule has 0 bridgehead atoms. The van der Waals surface area contributed by atoms with Gasteiger partial charge in [0.1, 0.15) is 24.1 Å². The van der Waals surface area contributed by atoms with Crippen molar-refractivity contribution < 1.29 is 14.6 Å². The maximum Gasteiger partial charge on any atom is 0.222 e. The molecule has 0 saturated heterocycles. The molecule has 0 fully saturated rings. The Hall–Kier alpha value is -3.05. The molecule has 0 aliphatic carbocycles. The molecule has 2 aromatic rings. The van der Waals surface area contributed by atoms with Gasteiger partial charge in [0.25, 0.3) is 0 Å². The van der Waals surface area contributed by atoms with E-state index in [0.717, 1.165) is 0 Å². The molecule has 0 aliphatic rings. The largest absolute Gasteiger partial charge is 0.493 e. The van der Waals surface area contributed by atoms with Crippen molar-refractivity contribution in [1.29, 1.82) is 5.26 Å². The van der Waals surface area contributed by atoms with Gasteiger partial charge in [-0.2, -0.15) is 10.2 Å². The van der Waals surface area contributed by atoms with Gasteiger partial charge in [0.05, 0.1) is 19.4 Å². The van der Waals surface area contributed by atoms with E-state index in [1.807, 2.05) is 6.07 Å². The van der Waals surface area contributed by atoms with E-state index in [1.165, 1.54) is 7.11 Å². The minimum absolute atomic E-state index is 0.0181. The van der Waals surface area contributed by atoms with E-state index >= 15 is 0 Å². The second kappa shape index (κ2) is 6.60. The molecule has 1 heterocycles. The monoisotopic (exact) mass is 301 g/mol. The number of hydrogen-bond donors (Lipinski definition) is 3. The molecule has 0 spiro atoms. The van der Waals surface area contributed by atoms with Crippen molar-refractivity contribution in [2.75, 3.05) is 31.8 Å². The number of benzene rings is 1. The minimum Gasteiger partial charge on any atom is -0.493 e. The average molecular weight is 301 g/mol. The van der Waals surface area contributed by atoms with Gasteiger partial charge in [-0.05, 0) is 18.2 Å². The summed E-state index contributed by atoms with van der Waals surface area (Å²) in [5, 5.41) is 18.0. The summed E-state index contributed by atoms with van der Waals surface area (Å²) >= 11 is 0. The highest BCUT2D eigenvalue weighted by atomic mass is 16.5. The quantitative estimate of drug-likeness (QED) is 0.727. The zero-order chi connectivity index (χ0) is 16.1. The van der Waals surface area contributed by atoms with Crippen molar-refractivity contribution in [3.63, 3.8) is 0 Å². The van der Waals surface area contributed by atoms with E-state index in [-0.39, 0.29) is 30.5 Å². The SMILES string of the molecule is COc1cc(-c2nc(N)nc(N)c2C#N)ccc1OCCO. The van der Waals surface area contributed by atoms with Crippen LogP contribution in [0.1, 0.15) is 5.56 Å². The number of rotatable bonds is 5. The Kier molecular flexibility index (Phi) is 4.60. The van der Waals surface area contributed by atoms with Crippen LogP contribution in [0.15, 0.2) is 18.2 Å². The summed E-state index contributed by atoms with van der Waals surface area (Å²) in [6, 6.07) is 6.96. The molecule has 114 valence electrons. The second-order valence-electron chi connectivity index (χ2n) is 4.24. The average Bonchev–Trinajstić information content (AvgIpc) is 2.52. The molecular weight excluding hydrogens is 286 g/mol. The Morgan fingerprint density at radius 3 is 2.68 bits per heavy atom. The number of nitrogen functional groups attached to an aromatic ring is 2. The third kappa shape index (κ3) is 2.99. The zero-order valence-electron chi connectivity index (χ0n) is 11.9. The van der Waals surface area contributed by atoms with E-state index in [0.29, 0.717) is 22.8 Å². The fraction of sp³-hybridized carbons (Fsp3) is 0.214. The maximum absolute atomic E-state index is 9.21. The predicted molar refractivity (Wildman–Crippen MR) is 80.1 cm³/mol. The number of hydrogen-bond acceptors (Lipinski definition) is 8. The van der Waals surface area contributed by atoms with Gasteiger partial charge in [-0.1, -0.05) is 0 Å². The number of aromatic nitrogens is 2. The van der Waals surface area contributed by atoms with Gasteiger partial charge >= 0.3 is 0 Å². The highest BCUT2D eigenvalue weighted by Crippen LogP contribution is 2.34. The van der Waals surface area contributed by atoms with Crippen molar-refractivity contribution in [3.8, 4) is 28.8 Å². The number of nitriles is 1. The summed E-state index contributed by atoms with van der Waals surface area (Å²) in [6.45, 7) is 0.0367. The lowest BCUT2D eigenvalue weighted by Gasteiger charge is -2.12. The molecule has 8 heteroatoms. The predicted octanol–water partition coefficient (Wildman–Crippen LogP) is 0.559. The van der Waals surface area contributed by atoms with Crippen molar-refractivity contribution in [2.24, 2.45) is 0 Å². The molecule has 0 atom stereocenters. The van der Waals surface area contributed by atoms with Gasteiger partial charge in [-0.15, -0.1) is 0 Å². The van der Waals surface area contributed by atoms with Crippen molar-refractivity contribution in [3.05, 3.63) is 23.8 Å². The standard InChI is InChI=1S/C14H15N5O3/c1-21-11-6-8(2-3-10(11)22-5-4-20)12-9(7-15)13(16)19-14(17)18-12/h2-3,6,20H,4-5H2,1H3,(H4,16,17,18,19). The first-order valence-electron chi connectivity index (χ1n) is 6.35. The molecule has 0 unspecified atom stereocenters. The molecule has 5 N–H and O–H groups in total. The highest BCUT2D eigenvalue weighted by Gasteiger charge is 2.15. The highest BCUT2D eigenvalue weighted by molar-refractivity contribution is 5.74. The molecule has 8 nitrogen and oxygen atoms in total. The molecule has 0 radical (unpaired) electrons. The number of ether oxygens (including phenoxy) is 2. The maximum atomic E-state index is 9.21. The van der Waals surface area contributed by atoms with Crippen LogP contribution in [0, 0.1) is 11.3 Å². The van der Waals surface area contributed by atoms with Crippen LogP contribution in [0.3, 0.4) is 0 Å². The second-order valence-corrected chi connectivity index (χ2v) is 4.24. The van der Waals surface area contributed by atoms with Crippen LogP contribution >= 0.6 is 0 Å². The van der Waals surface area contributed by atoms with Crippen LogP contribution < -0.4 is 20.9 Å². The Bertz CT molecular complexity index is 727. The first-order valence-corrected chi connectivity index (χ1v) is 6.35. The molecule has 0 saturated carbocycles. The lowest BCUT2D eigenvalue weighted by molar-refractivity contribution is 0.196.